The summed E-state index contributed by atoms with van der Waals surface area (Å²) in [5.41, 5.74) is 3.49. The molecule has 1 saturated carbocycles. The summed E-state index contributed by atoms with van der Waals surface area (Å²) in [6.07, 6.45) is 4.57. The average molecular weight is 455 g/mol. The molecule has 1 aromatic heterocycles. The van der Waals surface area contributed by atoms with Crippen molar-refractivity contribution in [3.05, 3.63) is 72.3 Å². The van der Waals surface area contributed by atoms with Crippen LogP contribution in [0.4, 0.5) is 11.5 Å². The number of nitrogens with zero attached hydrogens (tertiary/aromatic N) is 2. The highest BCUT2D eigenvalue weighted by Crippen LogP contribution is 2.31. The number of rotatable bonds is 7. The molecule has 1 heterocycles. The first-order chi connectivity index (χ1) is 16.6. The molecule has 5 nitrogen and oxygen atoms in total. The smallest absolute Gasteiger partial charge is 0.128 e. The van der Waals surface area contributed by atoms with E-state index in [1.54, 1.807) is 7.11 Å². The van der Waals surface area contributed by atoms with Crippen LogP contribution in [-0.4, -0.2) is 38.3 Å². The van der Waals surface area contributed by atoms with E-state index in [9.17, 15) is 0 Å². The summed E-state index contributed by atoms with van der Waals surface area (Å²) in [7, 11) is 5.94. The summed E-state index contributed by atoms with van der Waals surface area (Å²) in [5, 5.41) is 11.2. The molecule has 0 aliphatic heterocycles. The summed E-state index contributed by atoms with van der Waals surface area (Å²) in [5.74, 6) is 1.93. The van der Waals surface area contributed by atoms with Crippen LogP contribution in [0.3, 0.4) is 0 Å². The lowest BCUT2D eigenvalue weighted by atomic mass is 9.90. The number of nitrogens with one attached hydrogen (secondary N) is 2. The maximum Gasteiger partial charge on any atom is 0.128 e. The van der Waals surface area contributed by atoms with Gasteiger partial charge in [-0.1, -0.05) is 48.5 Å². The number of para-hydroxylation sites is 1. The lowest BCUT2D eigenvalue weighted by Crippen LogP contribution is -2.36. The Morgan fingerprint density at radius 3 is 2.35 bits per heavy atom. The van der Waals surface area contributed by atoms with Crippen molar-refractivity contribution in [2.45, 2.75) is 44.3 Å². The van der Waals surface area contributed by atoms with Gasteiger partial charge in [-0.15, -0.1) is 0 Å². The molecule has 0 radical (unpaired) electrons. The SMILES string of the molecule is COc1ccc2ccccc2c1CNC1CCC(Nc2cc(N(C)C)c3ccccc3n2)CC1. The van der Waals surface area contributed by atoms with Gasteiger partial charge in [0.15, 0.2) is 0 Å². The molecule has 0 atom stereocenters. The number of pyridine rings is 1. The third-order valence-electron chi connectivity index (χ3n) is 7.04. The fourth-order valence-corrected chi connectivity index (χ4v) is 5.19. The Hall–Kier alpha value is -3.31. The van der Waals surface area contributed by atoms with Crippen LogP contribution in [0.5, 0.6) is 5.75 Å². The summed E-state index contributed by atoms with van der Waals surface area (Å²) in [6, 6.07) is 24.3. The predicted octanol–water partition coefficient (Wildman–Crippen LogP) is 5.98. The molecule has 0 amide bonds. The molecule has 1 aliphatic carbocycles. The topological polar surface area (TPSA) is 49.4 Å². The van der Waals surface area contributed by atoms with Crippen LogP contribution in [-0.2, 0) is 6.54 Å². The second-order valence-electron chi connectivity index (χ2n) is 9.48. The van der Waals surface area contributed by atoms with Gasteiger partial charge in [0.05, 0.1) is 12.6 Å². The maximum absolute atomic E-state index is 5.67. The van der Waals surface area contributed by atoms with Gasteiger partial charge in [-0.3, -0.25) is 0 Å². The molecule has 34 heavy (non-hydrogen) atoms. The van der Waals surface area contributed by atoms with Crippen LogP contribution in [0, 0.1) is 0 Å². The second kappa shape index (κ2) is 9.90. The second-order valence-corrected chi connectivity index (χ2v) is 9.48. The van der Waals surface area contributed by atoms with Crippen molar-refractivity contribution in [3.63, 3.8) is 0 Å². The van der Waals surface area contributed by atoms with E-state index in [0.717, 1.165) is 49.3 Å². The normalized spacial score (nSPS) is 18.2. The van der Waals surface area contributed by atoms with E-state index in [4.69, 9.17) is 9.72 Å². The molecular formula is C29H34N4O. The molecule has 0 saturated heterocycles. The minimum Gasteiger partial charge on any atom is -0.496 e. The molecule has 2 N–H and O–H groups in total. The van der Waals surface area contributed by atoms with Gasteiger partial charge in [-0.2, -0.15) is 0 Å². The lowest BCUT2D eigenvalue weighted by molar-refractivity contribution is 0.349. The van der Waals surface area contributed by atoms with Gasteiger partial charge in [0.25, 0.3) is 0 Å². The number of hydrogen-bond acceptors (Lipinski definition) is 5. The zero-order chi connectivity index (χ0) is 23.5. The van der Waals surface area contributed by atoms with E-state index in [1.807, 2.05) is 0 Å². The fraction of sp³-hybridized carbons (Fsp3) is 0.345. The Kier molecular flexibility index (Phi) is 6.54. The number of anilines is 2. The Morgan fingerprint density at radius 1 is 0.882 bits per heavy atom. The van der Waals surface area contributed by atoms with E-state index < -0.39 is 0 Å². The number of fused-ring (bicyclic) bond motifs is 2. The van der Waals surface area contributed by atoms with Gasteiger partial charge in [0.1, 0.15) is 11.6 Å². The van der Waals surface area contributed by atoms with Gasteiger partial charge in [-0.05, 0) is 48.6 Å². The van der Waals surface area contributed by atoms with E-state index in [1.165, 1.54) is 27.4 Å². The standard InChI is InChI=1S/C29H34N4O/c1-33(2)27-18-29(32-26-11-7-6-10-24(26)27)31-22-15-13-21(14-16-22)30-19-25-23-9-5-4-8-20(23)12-17-28(25)34-3/h4-12,17-18,21-22,30H,13-16,19H2,1-3H3,(H,31,32). The number of hydrogen-bond donors (Lipinski definition) is 2. The fourth-order valence-electron chi connectivity index (χ4n) is 5.19. The van der Waals surface area contributed by atoms with Crippen molar-refractivity contribution in [3.8, 4) is 5.75 Å². The zero-order valence-electron chi connectivity index (χ0n) is 20.3. The Balaban J connectivity index is 1.22. The average Bonchev–Trinajstić information content (AvgIpc) is 2.87. The summed E-state index contributed by atoms with van der Waals surface area (Å²) < 4.78 is 5.67. The van der Waals surface area contributed by atoms with Crippen molar-refractivity contribution in [2.75, 3.05) is 31.4 Å². The van der Waals surface area contributed by atoms with E-state index >= 15 is 0 Å². The summed E-state index contributed by atoms with van der Waals surface area (Å²) >= 11 is 0. The van der Waals surface area contributed by atoms with Crippen LogP contribution in [0.2, 0.25) is 0 Å². The molecule has 5 heteroatoms. The van der Waals surface area contributed by atoms with Crippen molar-refractivity contribution in [2.24, 2.45) is 0 Å². The largest absolute Gasteiger partial charge is 0.496 e. The number of aromatic nitrogens is 1. The number of methoxy groups -OCH3 is 1. The molecule has 3 aromatic carbocycles. The molecule has 0 unspecified atom stereocenters. The molecule has 5 rings (SSSR count). The van der Waals surface area contributed by atoms with Crippen LogP contribution < -0.4 is 20.3 Å². The van der Waals surface area contributed by atoms with Crippen molar-refractivity contribution < 1.29 is 4.74 Å². The molecule has 1 aliphatic rings. The first-order valence-corrected chi connectivity index (χ1v) is 12.2. The summed E-state index contributed by atoms with van der Waals surface area (Å²) in [4.78, 5) is 7.05. The van der Waals surface area contributed by atoms with Gasteiger partial charge >= 0.3 is 0 Å². The van der Waals surface area contributed by atoms with Crippen molar-refractivity contribution >= 4 is 33.2 Å². The Bertz CT molecular complexity index is 1280. The highest BCUT2D eigenvalue weighted by atomic mass is 16.5. The minimum atomic E-state index is 0.453. The van der Waals surface area contributed by atoms with Crippen LogP contribution in [0.25, 0.3) is 21.7 Å². The molecule has 0 spiro atoms. The van der Waals surface area contributed by atoms with Gasteiger partial charge < -0.3 is 20.3 Å². The molecule has 176 valence electrons. The van der Waals surface area contributed by atoms with Crippen LogP contribution >= 0.6 is 0 Å². The van der Waals surface area contributed by atoms with Crippen molar-refractivity contribution in [1.29, 1.82) is 0 Å². The zero-order valence-corrected chi connectivity index (χ0v) is 20.3. The first kappa shape index (κ1) is 22.5. The Labute approximate surface area is 202 Å². The Morgan fingerprint density at radius 2 is 1.59 bits per heavy atom. The van der Waals surface area contributed by atoms with Gasteiger partial charge in [0, 0.05) is 55.4 Å². The minimum absolute atomic E-state index is 0.453. The third kappa shape index (κ3) is 4.66. The quantitative estimate of drug-likeness (QED) is 0.360. The van der Waals surface area contributed by atoms with E-state index in [0.29, 0.717) is 12.1 Å². The van der Waals surface area contributed by atoms with Crippen LogP contribution in [0.1, 0.15) is 31.2 Å². The van der Waals surface area contributed by atoms with Gasteiger partial charge in [0.2, 0.25) is 0 Å². The highest BCUT2D eigenvalue weighted by Gasteiger charge is 2.22. The monoisotopic (exact) mass is 454 g/mol. The molecule has 1 fully saturated rings. The molecule has 0 bridgehead atoms. The number of benzene rings is 3. The maximum atomic E-state index is 5.67. The lowest BCUT2D eigenvalue weighted by Gasteiger charge is -2.30. The first-order valence-electron chi connectivity index (χ1n) is 12.2. The van der Waals surface area contributed by atoms with E-state index in [-0.39, 0.29) is 0 Å². The summed E-state index contributed by atoms with van der Waals surface area (Å²) in [6.45, 7) is 0.825. The molecule has 4 aromatic rings. The number of ether oxygens (including phenoxy) is 1. The van der Waals surface area contributed by atoms with E-state index in [2.05, 4.69) is 96.4 Å². The van der Waals surface area contributed by atoms with Gasteiger partial charge in [-0.25, -0.2) is 4.98 Å². The predicted molar refractivity (Wildman–Crippen MR) is 143 cm³/mol. The third-order valence-corrected chi connectivity index (χ3v) is 7.04. The molecular weight excluding hydrogens is 420 g/mol. The van der Waals surface area contributed by atoms with Crippen molar-refractivity contribution in [1.82, 2.24) is 10.3 Å². The van der Waals surface area contributed by atoms with Crippen LogP contribution in [0.15, 0.2) is 66.7 Å². The highest BCUT2D eigenvalue weighted by molar-refractivity contribution is 5.93.